The highest BCUT2D eigenvalue weighted by molar-refractivity contribution is 6.01. The van der Waals surface area contributed by atoms with Crippen molar-refractivity contribution in [3.8, 4) is 11.8 Å². The molecule has 3 N–H and O–H groups in total. The number of nitrogens with zero attached hydrogens (tertiary/aromatic N) is 2. The summed E-state index contributed by atoms with van der Waals surface area (Å²) in [5.41, 5.74) is 12.8. The number of aryl methyl sites for hydroxylation is 1. The number of carbonyl (C=O) groups is 2. The molecule has 1 aromatic carbocycles. The largest absolute Gasteiger partial charge is 0.508 e. The summed E-state index contributed by atoms with van der Waals surface area (Å²) in [5.74, 6) is 11.8. The third-order valence-electron chi connectivity index (χ3n) is 23.6. The van der Waals surface area contributed by atoms with Gasteiger partial charge < -0.3 is 25.2 Å². The molecule has 7 heterocycles. The molecule has 68 heavy (non-hydrogen) atoms. The third-order valence-corrected chi connectivity index (χ3v) is 23.6. The number of piperidine rings is 3. The molecule has 4 bridgehead atoms. The number of esters is 2. The summed E-state index contributed by atoms with van der Waals surface area (Å²) >= 11 is 0. The molecule has 0 aromatic heterocycles. The minimum absolute atomic E-state index is 0.0596. The van der Waals surface area contributed by atoms with Gasteiger partial charge in [0.1, 0.15) is 11.2 Å². The van der Waals surface area contributed by atoms with Crippen LogP contribution < -0.4 is 5.73 Å². The van der Waals surface area contributed by atoms with Gasteiger partial charge in [-0.1, -0.05) is 93.2 Å². The van der Waals surface area contributed by atoms with Crippen LogP contribution in [0.3, 0.4) is 0 Å². The molecule has 8 aliphatic carbocycles. The van der Waals surface area contributed by atoms with Crippen molar-refractivity contribution >= 4 is 11.9 Å². The van der Waals surface area contributed by atoms with Crippen LogP contribution in [-0.4, -0.2) is 64.6 Å². The minimum atomic E-state index is -1.19. The average molecular weight is 914 g/mol. The zero-order valence-corrected chi connectivity index (χ0v) is 40.4. The molecule has 16 rings (SSSR count). The van der Waals surface area contributed by atoms with Crippen LogP contribution in [0.4, 0.5) is 0 Å². The number of ether oxygens (including phenoxy) is 2. The molecule has 0 radical (unpaired) electrons. The fourth-order valence-electron chi connectivity index (χ4n) is 21.8. The predicted octanol–water partition coefficient (Wildman–Crippen LogP) is 9.68. The number of rotatable bonds is 4. The van der Waals surface area contributed by atoms with Gasteiger partial charge in [-0.25, -0.2) is 4.79 Å². The maximum Gasteiger partial charge on any atom is 0.339 e. The highest BCUT2D eigenvalue weighted by Crippen LogP contribution is 2.88. The Hall–Kier alpha value is -3.80. The van der Waals surface area contributed by atoms with Crippen molar-refractivity contribution in [3.05, 3.63) is 80.5 Å². The molecule has 3 saturated carbocycles. The highest BCUT2D eigenvalue weighted by Gasteiger charge is 2.94. The smallest absolute Gasteiger partial charge is 0.339 e. The van der Waals surface area contributed by atoms with Crippen LogP contribution in [-0.2, 0) is 32.7 Å². The lowest BCUT2D eigenvalue weighted by Gasteiger charge is -2.73. The summed E-state index contributed by atoms with van der Waals surface area (Å²) in [6, 6.07) is 5.50. The number of hydrogen-bond donors (Lipinski definition) is 2. The van der Waals surface area contributed by atoms with Crippen LogP contribution in [0.15, 0.2) is 58.2 Å². The number of carbonyl (C=O) groups excluding carboxylic acids is 2. The molecule has 18 atom stereocenters. The maximum absolute atomic E-state index is 16.5. The van der Waals surface area contributed by atoms with E-state index >= 15 is 9.59 Å². The van der Waals surface area contributed by atoms with Crippen LogP contribution in [0, 0.1) is 99.6 Å². The molecule has 356 valence electrons. The Morgan fingerprint density at radius 3 is 2.65 bits per heavy atom. The molecule has 18 unspecified atom stereocenters. The number of aliphatic hydroxyl groups is 1. The van der Waals surface area contributed by atoms with Gasteiger partial charge in [0, 0.05) is 72.6 Å². The first-order valence-electron chi connectivity index (χ1n) is 28.1. The number of allylic oxidation sites excluding steroid dienone is 4. The molecule has 3 spiro atoms. The molecule has 8 heteroatoms. The van der Waals surface area contributed by atoms with Crippen molar-refractivity contribution in [2.45, 2.75) is 153 Å². The normalized spacial score (nSPS) is 48.2. The summed E-state index contributed by atoms with van der Waals surface area (Å²) in [6.07, 6.45) is 23.8. The Bertz CT molecular complexity index is 2700. The van der Waals surface area contributed by atoms with E-state index in [1.165, 1.54) is 75.4 Å². The van der Waals surface area contributed by atoms with Gasteiger partial charge in [0.15, 0.2) is 11.4 Å². The van der Waals surface area contributed by atoms with Crippen LogP contribution >= 0.6 is 0 Å². The molecule has 7 aliphatic heterocycles. The Kier molecular flexibility index (Phi) is 8.29. The number of benzene rings is 1. The molecule has 0 amide bonds. The van der Waals surface area contributed by atoms with Crippen LogP contribution in [0.1, 0.15) is 144 Å². The van der Waals surface area contributed by atoms with E-state index in [-0.39, 0.29) is 53.5 Å². The van der Waals surface area contributed by atoms with Crippen molar-refractivity contribution in [3.63, 3.8) is 0 Å². The number of nitrogens with two attached hydrogens (primary N) is 1. The summed E-state index contributed by atoms with van der Waals surface area (Å²) < 4.78 is 14.8. The lowest BCUT2D eigenvalue weighted by atomic mass is 9.27. The van der Waals surface area contributed by atoms with Crippen molar-refractivity contribution in [2.24, 2.45) is 93.5 Å². The van der Waals surface area contributed by atoms with Crippen molar-refractivity contribution < 1.29 is 24.2 Å². The quantitative estimate of drug-likeness (QED) is 0.175. The van der Waals surface area contributed by atoms with E-state index in [1.807, 2.05) is 0 Å². The van der Waals surface area contributed by atoms with Gasteiger partial charge in [0.05, 0.1) is 11.0 Å². The van der Waals surface area contributed by atoms with Gasteiger partial charge in [-0.2, -0.15) is 0 Å². The van der Waals surface area contributed by atoms with E-state index in [4.69, 9.17) is 15.2 Å². The second-order valence-electron chi connectivity index (χ2n) is 25.8. The molecule has 8 nitrogen and oxygen atoms in total. The van der Waals surface area contributed by atoms with Gasteiger partial charge in [-0.05, 0) is 154 Å². The Morgan fingerprint density at radius 2 is 1.78 bits per heavy atom. The van der Waals surface area contributed by atoms with Crippen molar-refractivity contribution in [2.75, 3.05) is 19.6 Å². The summed E-state index contributed by atoms with van der Waals surface area (Å²) in [5, 5.41) is 14.3. The van der Waals surface area contributed by atoms with Gasteiger partial charge >= 0.3 is 11.9 Å². The van der Waals surface area contributed by atoms with Gasteiger partial charge in [0.2, 0.25) is 0 Å². The third kappa shape index (κ3) is 4.51. The minimum Gasteiger partial charge on any atom is -0.508 e. The first kappa shape index (κ1) is 40.9. The Labute approximate surface area is 402 Å². The first-order chi connectivity index (χ1) is 33.2. The van der Waals surface area contributed by atoms with E-state index < -0.39 is 16.4 Å². The van der Waals surface area contributed by atoms with E-state index in [2.05, 4.69) is 59.8 Å². The van der Waals surface area contributed by atoms with E-state index in [1.54, 1.807) is 11.3 Å². The second kappa shape index (κ2) is 13.8. The van der Waals surface area contributed by atoms with Crippen LogP contribution in [0.25, 0.3) is 0 Å². The second-order valence-corrected chi connectivity index (χ2v) is 25.8. The maximum atomic E-state index is 16.5. The lowest BCUT2D eigenvalue weighted by molar-refractivity contribution is -0.282. The fourth-order valence-corrected chi connectivity index (χ4v) is 21.8. The zero-order chi connectivity index (χ0) is 45.3. The van der Waals surface area contributed by atoms with E-state index in [0.717, 1.165) is 55.5 Å². The molecule has 8 fully saturated rings. The zero-order valence-electron chi connectivity index (χ0n) is 40.4. The molecule has 1 aromatic rings. The molecule has 5 saturated heterocycles. The van der Waals surface area contributed by atoms with E-state index in [0.29, 0.717) is 103 Å². The molecule has 15 aliphatic rings. The van der Waals surface area contributed by atoms with Crippen LogP contribution in [0.5, 0.6) is 0 Å². The average Bonchev–Trinajstić information content (AvgIpc) is 3.66. The predicted molar refractivity (Wildman–Crippen MR) is 257 cm³/mol. The number of fused-ring (bicyclic) bond motifs is 10. The SMILES string of the molecule is CC1C=CC2CC3C(C)CC4=C5C3C3=C2C26C(=O)OC7=C(O)C8C(C#CCc9ccc(CCCN)c%10c9C(OC%10=O)(C2C1)C76CC3)C1CCC(C2CCCCC2)C8N2CC3CC(CN5C3CC4)C12. The lowest BCUT2D eigenvalue weighted by Crippen LogP contribution is -2.78. The monoisotopic (exact) mass is 914 g/mol. The summed E-state index contributed by atoms with van der Waals surface area (Å²) in [7, 11) is 0. The topological polar surface area (TPSA) is 105 Å². The Morgan fingerprint density at radius 1 is 0.912 bits per heavy atom. The first-order valence-corrected chi connectivity index (χ1v) is 28.1. The van der Waals surface area contributed by atoms with E-state index in [9.17, 15) is 5.11 Å². The van der Waals surface area contributed by atoms with Crippen molar-refractivity contribution in [1.29, 1.82) is 0 Å². The molecular weight excluding hydrogens is 843 g/mol. The number of aliphatic hydroxyl groups excluding tert-OH is 1. The number of hydrogen-bond acceptors (Lipinski definition) is 8. The van der Waals surface area contributed by atoms with Gasteiger partial charge in [0.25, 0.3) is 0 Å². The highest BCUT2D eigenvalue weighted by atomic mass is 16.6. The van der Waals surface area contributed by atoms with Crippen LogP contribution in [0.2, 0.25) is 0 Å². The van der Waals surface area contributed by atoms with Gasteiger partial charge in [-0.15, -0.1) is 0 Å². The van der Waals surface area contributed by atoms with Gasteiger partial charge in [-0.3, -0.25) is 9.69 Å². The van der Waals surface area contributed by atoms with Crippen molar-refractivity contribution in [1.82, 2.24) is 9.80 Å². The summed E-state index contributed by atoms with van der Waals surface area (Å²) in [4.78, 5) is 38.0. The Balaban J connectivity index is 1.06. The fraction of sp³-hybridized carbons (Fsp3) is 0.700. The standard InChI is InChI=1S/C60H71N3O5/c1-30-13-14-35-27-43-31(2)25-36-17-20-44-37-26-38-29-62(44)52(36)47(43)42-21-22-58-55-54(64)48-40(41-19-18-39(32-8-4-3-5-9-32)53(48)63(28-37)51(38)41)12-6-10-34-16-15-33(11-7-23-61)46-50(34)60(58,68-56(46)65)45(24-30)59(58,49(35)42)57(66)67-55/h13-16,30-32,35,37-41,43-45,47-48,51,53,64H,3-5,7-11,17-29,61H2,1-2H3. The molecular formula is C60H71N3O5. The summed E-state index contributed by atoms with van der Waals surface area (Å²) in [6.45, 7) is 7.63.